The molecule has 0 saturated heterocycles. The summed E-state index contributed by atoms with van der Waals surface area (Å²) in [5, 5.41) is 34.5. The summed E-state index contributed by atoms with van der Waals surface area (Å²) in [7, 11) is 4.70. The van der Waals surface area contributed by atoms with Crippen LogP contribution in [0.1, 0.15) is 55.2 Å². The molecule has 0 spiro atoms. The molecule has 1 aromatic carbocycles. The summed E-state index contributed by atoms with van der Waals surface area (Å²) in [6.45, 7) is 2.48. The molecule has 1 saturated carbocycles. The first-order chi connectivity index (χ1) is 18.6. The minimum Gasteiger partial charge on any atom is -0.493 e. The van der Waals surface area contributed by atoms with E-state index in [1.807, 2.05) is 19.1 Å². The number of benzene rings is 1. The summed E-state index contributed by atoms with van der Waals surface area (Å²) < 4.78 is 22.1. The zero-order valence-electron chi connectivity index (χ0n) is 22.2. The Morgan fingerprint density at radius 1 is 1.05 bits per heavy atom. The lowest BCUT2D eigenvalue weighted by Crippen LogP contribution is -2.34. The molecule has 0 bridgehead atoms. The van der Waals surface area contributed by atoms with E-state index in [4.69, 9.17) is 39.3 Å². The number of rotatable bonds is 9. The highest BCUT2D eigenvalue weighted by molar-refractivity contribution is 6.16. The van der Waals surface area contributed by atoms with Crippen LogP contribution in [-0.4, -0.2) is 94.2 Å². The number of aromatic nitrogens is 2. The molecule has 0 radical (unpaired) electrons. The van der Waals surface area contributed by atoms with Gasteiger partial charge >= 0.3 is 17.9 Å². The first-order valence-electron chi connectivity index (χ1n) is 12.3. The highest BCUT2D eigenvalue weighted by atomic mass is 16.5. The molecule has 1 aromatic heterocycles. The number of aliphatic imine (C=N–C) groups is 1. The van der Waals surface area contributed by atoms with Crippen LogP contribution in [0.3, 0.4) is 0 Å². The number of fused-ring (bicyclic) bond motifs is 3. The average Bonchev–Trinajstić information content (AvgIpc) is 2.92. The Morgan fingerprint density at radius 3 is 2.36 bits per heavy atom. The van der Waals surface area contributed by atoms with E-state index in [9.17, 15) is 14.7 Å². The third-order valence-electron chi connectivity index (χ3n) is 6.39. The zero-order valence-corrected chi connectivity index (χ0v) is 22.2. The van der Waals surface area contributed by atoms with Gasteiger partial charge in [0.1, 0.15) is 0 Å². The summed E-state index contributed by atoms with van der Waals surface area (Å²) in [5.41, 5.74) is 3.45. The Balaban J connectivity index is 0.000000403. The van der Waals surface area contributed by atoms with Crippen LogP contribution in [0.15, 0.2) is 23.3 Å². The molecule has 1 aliphatic heterocycles. The fraction of sp³-hybridized carbons (Fsp3) is 0.500. The van der Waals surface area contributed by atoms with Crippen molar-refractivity contribution in [2.45, 2.75) is 56.8 Å². The first kappa shape index (κ1) is 29.6. The molecule has 4 atom stereocenters. The quantitative estimate of drug-likeness (QED) is 0.356. The van der Waals surface area contributed by atoms with E-state index in [0.29, 0.717) is 36.0 Å². The number of nitrogens with zero attached hydrogens (tertiary/aromatic N) is 3. The van der Waals surface area contributed by atoms with Crippen molar-refractivity contribution in [1.82, 2.24) is 9.97 Å². The van der Waals surface area contributed by atoms with Crippen molar-refractivity contribution in [2.24, 2.45) is 4.99 Å². The lowest BCUT2D eigenvalue weighted by Gasteiger charge is -2.37. The normalized spacial score (nSPS) is 20.2. The second-order valence-electron chi connectivity index (χ2n) is 8.87. The highest BCUT2D eigenvalue weighted by Gasteiger charge is 2.38. The maximum atomic E-state index is 10.3. The molecule has 39 heavy (non-hydrogen) atoms. The number of carboxylic acids is 2. The lowest BCUT2D eigenvalue weighted by atomic mass is 9.74. The van der Waals surface area contributed by atoms with E-state index in [-0.39, 0.29) is 24.1 Å². The predicted molar refractivity (Wildman–Crippen MR) is 137 cm³/mol. The molecule has 4 N–H and O–H groups in total. The first-order valence-corrected chi connectivity index (χ1v) is 12.3. The molecule has 0 unspecified atom stereocenters. The molecule has 0 amide bonds. The molecule has 1 fully saturated rings. The van der Waals surface area contributed by atoms with Gasteiger partial charge in [0.25, 0.3) is 0 Å². The van der Waals surface area contributed by atoms with Gasteiger partial charge in [-0.2, -0.15) is 4.98 Å². The second-order valence-corrected chi connectivity index (χ2v) is 8.87. The Kier molecular flexibility index (Phi) is 10.0. The number of carboxylic acid groups (broad SMARTS) is 2. The van der Waals surface area contributed by atoms with Gasteiger partial charge in [-0.05, 0) is 43.9 Å². The fourth-order valence-corrected chi connectivity index (χ4v) is 4.61. The molecular formula is C26H33N3O10. The van der Waals surface area contributed by atoms with Crippen molar-refractivity contribution in [3.63, 3.8) is 0 Å². The summed E-state index contributed by atoms with van der Waals surface area (Å²) >= 11 is 0. The summed E-state index contributed by atoms with van der Waals surface area (Å²) in [6, 6.07) is 4.26. The minimum atomic E-state index is -1.79. The fourth-order valence-electron chi connectivity index (χ4n) is 4.61. The summed E-state index contributed by atoms with van der Waals surface area (Å²) in [6.07, 6.45) is 1.02. The largest absolute Gasteiger partial charge is 0.493 e. The standard InChI is InChI=1S/C22H27N3O5.C4H6O5/c1-5-30-19-9-13-14-8-12(26)6-7-17(14)24-20(15(13)10-18(19)27-2)16-11-23-22(29-4)25-21(16)28-3;5-2(4(8)9)1-3(6)7/h9-12,14,17,26H,5-8H2,1-4H3;2,5H,1H2,(H,6,7)(H,8,9)/t12-,14-,17-;2-/m11/s1. The molecule has 2 heterocycles. The van der Waals surface area contributed by atoms with E-state index in [2.05, 4.69) is 9.97 Å². The van der Waals surface area contributed by atoms with Crippen LogP contribution in [0.2, 0.25) is 0 Å². The Labute approximate surface area is 225 Å². The van der Waals surface area contributed by atoms with Gasteiger partial charge < -0.3 is 39.4 Å². The highest BCUT2D eigenvalue weighted by Crippen LogP contribution is 2.45. The molecule has 2 aliphatic rings. The van der Waals surface area contributed by atoms with Gasteiger partial charge in [-0.15, -0.1) is 0 Å². The van der Waals surface area contributed by atoms with Crippen molar-refractivity contribution in [2.75, 3.05) is 27.9 Å². The topological polar surface area (TPSA) is 190 Å². The van der Waals surface area contributed by atoms with Gasteiger partial charge in [-0.3, -0.25) is 9.79 Å². The zero-order chi connectivity index (χ0) is 28.7. The predicted octanol–water partition coefficient (Wildman–Crippen LogP) is 1.66. The van der Waals surface area contributed by atoms with E-state index < -0.39 is 24.5 Å². The molecule has 212 valence electrons. The second kappa shape index (κ2) is 13.2. The van der Waals surface area contributed by atoms with Crippen LogP contribution in [0.5, 0.6) is 23.4 Å². The monoisotopic (exact) mass is 547 g/mol. The summed E-state index contributed by atoms with van der Waals surface area (Å²) in [4.78, 5) is 33.1. The number of hydrogen-bond acceptors (Lipinski definition) is 11. The number of aliphatic carboxylic acids is 2. The van der Waals surface area contributed by atoms with Crippen LogP contribution in [-0.2, 0) is 9.59 Å². The van der Waals surface area contributed by atoms with Crippen LogP contribution < -0.4 is 18.9 Å². The average molecular weight is 548 g/mol. The number of ether oxygens (including phenoxy) is 4. The van der Waals surface area contributed by atoms with Crippen molar-refractivity contribution in [3.05, 3.63) is 35.0 Å². The van der Waals surface area contributed by atoms with Crippen LogP contribution in [0.25, 0.3) is 0 Å². The van der Waals surface area contributed by atoms with Gasteiger partial charge in [0.2, 0.25) is 5.88 Å². The van der Waals surface area contributed by atoms with Crippen molar-refractivity contribution < 1.29 is 49.0 Å². The third kappa shape index (κ3) is 6.92. The Hall–Kier alpha value is -3.97. The smallest absolute Gasteiger partial charge is 0.333 e. The Morgan fingerprint density at radius 2 is 1.79 bits per heavy atom. The number of carbonyl (C=O) groups is 2. The summed E-state index contributed by atoms with van der Waals surface area (Å²) in [5.74, 6) is -1.01. The van der Waals surface area contributed by atoms with Gasteiger partial charge in [-0.1, -0.05) is 0 Å². The number of hydrogen-bond donors (Lipinski definition) is 4. The Bertz CT molecular complexity index is 1220. The van der Waals surface area contributed by atoms with Crippen LogP contribution in [0, 0.1) is 0 Å². The van der Waals surface area contributed by atoms with Crippen LogP contribution in [0.4, 0.5) is 0 Å². The number of aliphatic hydroxyl groups excluding tert-OH is 2. The minimum absolute atomic E-state index is 0.0607. The van der Waals surface area contributed by atoms with E-state index in [1.165, 1.54) is 7.11 Å². The molecular weight excluding hydrogens is 514 g/mol. The molecule has 13 nitrogen and oxygen atoms in total. The SMILES string of the molecule is CCOc1cc2c(cc1OC)C(c1cnc(OC)nc1OC)=N[C@@H]1CC[C@@H](O)C[C@H]21.O=C(O)C[C@@H](O)C(=O)O. The van der Waals surface area contributed by atoms with Gasteiger partial charge in [-0.25, -0.2) is 9.78 Å². The third-order valence-corrected chi connectivity index (χ3v) is 6.39. The van der Waals surface area contributed by atoms with Gasteiger partial charge in [0.15, 0.2) is 17.6 Å². The number of aliphatic hydroxyl groups is 2. The lowest BCUT2D eigenvalue weighted by molar-refractivity contribution is -0.152. The van der Waals surface area contributed by atoms with Gasteiger partial charge in [0, 0.05) is 17.7 Å². The molecule has 13 heteroatoms. The maximum Gasteiger partial charge on any atom is 0.333 e. The number of methoxy groups -OCH3 is 3. The van der Waals surface area contributed by atoms with E-state index >= 15 is 0 Å². The molecule has 1 aliphatic carbocycles. The van der Waals surface area contributed by atoms with Gasteiger partial charge in [0.05, 0.1) is 57.8 Å². The maximum absolute atomic E-state index is 10.3. The van der Waals surface area contributed by atoms with Crippen LogP contribution >= 0.6 is 0 Å². The van der Waals surface area contributed by atoms with Crippen molar-refractivity contribution in [3.8, 4) is 23.4 Å². The van der Waals surface area contributed by atoms with E-state index in [0.717, 1.165) is 29.7 Å². The van der Waals surface area contributed by atoms with Crippen molar-refractivity contribution >= 4 is 17.7 Å². The molecule has 2 aromatic rings. The molecule has 4 rings (SSSR count). The van der Waals surface area contributed by atoms with Crippen molar-refractivity contribution in [1.29, 1.82) is 0 Å². The van der Waals surface area contributed by atoms with E-state index in [1.54, 1.807) is 20.4 Å².